The number of furan rings is 1. The normalized spacial score (nSPS) is 9.95. The van der Waals surface area contributed by atoms with Crippen LogP contribution < -0.4 is 16.2 Å². The van der Waals surface area contributed by atoms with E-state index in [0.717, 1.165) is 3.79 Å². The molecule has 7 nitrogen and oxygen atoms in total. The van der Waals surface area contributed by atoms with Crippen molar-refractivity contribution in [3.63, 3.8) is 0 Å². The lowest BCUT2D eigenvalue weighted by molar-refractivity contribution is -0.120. The molecule has 0 radical (unpaired) electrons. The molecule has 0 bridgehead atoms. The molecule has 2 rings (SSSR count). The van der Waals surface area contributed by atoms with Crippen LogP contribution in [-0.4, -0.2) is 24.3 Å². The average molecular weight is 372 g/mol. The van der Waals surface area contributed by atoms with E-state index < -0.39 is 17.7 Å². The highest BCUT2D eigenvalue weighted by atomic mass is 79.9. The van der Waals surface area contributed by atoms with E-state index in [-0.39, 0.29) is 12.3 Å². The predicted octanol–water partition coefficient (Wildman–Crippen LogP) is 1.29. The molecule has 0 aromatic carbocycles. The smallest absolute Gasteiger partial charge is 0.287 e. The fourth-order valence-electron chi connectivity index (χ4n) is 1.32. The molecule has 0 aliphatic rings. The first-order valence-corrected chi connectivity index (χ1v) is 7.33. The van der Waals surface area contributed by atoms with E-state index in [1.165, 1.54) is 23.7 Å². The number of hydrogen-bond donors (Lipinski definition) is 3. The number of carbonyl (C=O) groups is 3. The number of amides is 3. The summed E-state index contributed by atoms with van der Waals surface area (Å²) >= 11 is 4.47. The number of halogens is 1. The maximum absolute atomic E-state index is 11.6. The van der Waals surface area contributed by atoms with Crippen molar-refractivity contribution in [1.82, 2.24) is 16.2 Å². The molecule has 0 fully saturated rings. The lowest BCUT2D eigenvalue weighted by Gasteiger charge is -2.06. The van der Waals surface area contributed by atoms with Crippen molar-refractivity contribution >= 4 is 45.0 Å². The van der Waals surface area contributed by atoms with Gasteiger partial charge in [0, 0.05) is 0 Å². The van der Waals surface area contributed by atoms with Crippen molar-refractivity contribution in [2.75, 3.05) is 6.54 Å². The molecule has 3 amide bonds. The van der Waals surface area contributed by atoms with E-state index in [4.69, 9.17) is 4.42 Å². The Morgan fingerprint density at radius 3 is 2.57 bits per heavy atom. The molecule has 110 valence electrons. The maximum atomic E-state index is 11.6. The minimum Gasteiger partial charge on any atom is -0.459 e. The predicted molar refractivity (Wildman–Crippen MR) is 78.7 cm³/mol. The Morgan fingerprint density at radius 2 is 1.95 bits per heavy atom. The van der Waals surface area contributed by atoms with Gasteiger partial charge in [-0.2, -0.15) is 0 Å². The fraction of sp³-hybridized carbons (Fsp3) is 0.0833. The van der Waals surface area contributed by atoms with Gasteiger partial charge in [0.1, 0.15) is 0 Å². The molecule has 0 aliphatic heterocycles. The number of carbonyl (C=O) groups excluding carboxylic acids is 3. The van der Waals surface area contributed by atoms with Gasteiger partial charge in [-0.15, -0.1) is 11.3 Å². The molecule has 0 saturated heterocycles. The highest BCUT2D eigenvalue weighted by molar-refractivity contribution is 9.11. The molecule has 9 heteroatoms. The van der Waals surface area contributed by atoms with E-state index in [0.29, 0.717) is 4.88 Å². The third kappa shape index (κ3) is 4.43. The van der Waals surface area contributed by atoms with Crippen molar-refractivity contribution in [3.8, 4) is 0 Å². The summed E-state index contributed by atoms with van der Waals surface area (Å²) in [5.74, 6) is -1.39. The summed E-state index contributed by atoms with van der Waals surface area (Å²) in [4.78, 5) is 35.1. The average Bonchev–Trinajstić information content (AvgIpc) is 3.13. The first kappa shape index (κ1) is 15.3. The van der Waals surface area contributed by atoms with Crippen LogP contribution >= 0.6 is 27.3 Å². The van der Waals surface area contributed by atoms with Gasteiger partial charge in [0.05, 0.1) is 21.5 Å². The van der Waals surface area contributed by atoms with Gasteiger partial charge >= 0.3 is 0 Å². The minimum absolute atomic E-state index is 0.107. The van der Waals surface area contributed by atoms with Gasteiger partial charge in [-0.25, -0.2) is 0 Å². The zero-order valence-electron chi connectivity index (χ0n) is 10.5. The van der Waals surface area contributed by atoms with Crippen molar-refractivity contribution in [3.05, 3.63) is 45.0 Å². The third-order valence-electron chi connectivity index (χ3n) is 2.27. The lowest BCUT2D eigenvalue weighted by Crippen LogP contribution is -2.46. The molecule has 0 atom stereocenters. The Labute approximate surface area is 131 Å². The Morgan fingerprint density at radius 1 is 1.14 bits per heavy atom. The van der Waals surface area contributed by atoms with Gasteiger partial charge in [-0.3, -0.25) is 25.2 Å². The lowest BCUT2D eigenvalue weighted by atomic mass is 10.4. The van der Waals surface area contributed by atoms with Gasteiger partial charge in [-0.1, -0.05) is 0 Å². The highest BCUT2D eigenvalue weighted by Gasteiger charge is 2.12. The largest absolute Gasteiger partial charge is 0.459 e. The summed E-state index contributed by atoms with van der Waals surface area (Å²) in [7, 11) is 0. The van der Waals surface area contributed by atoms with Gasteiger partial charge in [0.2, 0.25) is 0 Å². The number of thiophene rings is 1. The summed E-state index contributed by atoms with van der Waals surface area (Å²) in [5, 5.41) is 2.35. The second kappa shape index (κ2) is 7.04. The molecular formula is C12H10BrN3O4S. The molecule has 0 unspecified atom stereocenters. The molecule has 2 aromatic heterocycles. The standard InChI is InChI=1S/C12H10BrN3O4S/c13-9-4-3-8(21-9)12(19)16-15-10(17)6-14-11(18)7-2-1-5-20-7/h1-5H,6H2,(H,14,18)(H,15,17)(H,16,19). The Balaban J connectivity index is 1.72. The zero-order chi connectivity index (χ0) is 15.2. The van der Waals surface area contributed by atoms with Crippen molar-refractivity contribution < 1.29 is 18.8 Å². The van der Waals surface area contributed by atoms with Crippen molar-refractivity contribution in [1.29, 1.82) is 0 Å². The monoisotopic (exact) mass is 371 g/mol. The van der Waals surface area contributed by atoms with Crippen LogP contribution in [0.4, 0.5) is 0 Å². The molecule has 21 heavy (non-hydrogen) atoms. The molecular weight excluding hydrogens is 362 g/mol. The van der Waals surface area contributed by atoms with Gasteiger partial charge in [0.25, 0.3) is 17.7 Å². The van der Waals surface area contributed by atoms with Gasteiger partial charge < -0.3 is 9.73 Å². The van der Waals surface area contributed by atoms with Crippen molar-refractivity contribution in [2.45, 2.75) is 0 Å². The topological polar surface area (TPSA) is 100 Å². The summed E-state index contributed by atoms with van der Waals surface area (Å²) in [6.45, 7) is -0.284. The zero-order valence-corrected chi connectivity index (χ0v) is 12.9. The molecule has 0 aliphatic carbocycles. The van der Waals surface area contributed by atoms with E-state index >= 15 is 0 Å². The summed E-state index contributed by atoms with van der Waals surface area (Å²) in [5.41, 5.74) is 4.45. The van der Waals surface area contributed by atoms with Gasteiger partial charge in [0.15, 0.2) is 5.76 Å². The summed E-state index contributed by atoms with van der Waals surface area (Å²) in [6, 6.07) is 6.39. The Bertz CT molecular complexity index is 653. The number of rotatable bonds is 4. The Kier molecular flexibility index (Phi) is 5.12. The van der Waals surface area contributed by atoms with E-state index in [2.05, 4.69) is 32.1 Å². The van der Waals surface area contributed by atoms with Crippen LogP contribution in [-0.2, 0) is 4.79 Å². The maximum Gasteiger partial charge on any atom is 0.287 e. The van der Waals surface area contributed by atoms with Gasteiger partial charge in [-0.05, 0) is 40.2 Å². The molecule has 2 heterocycles. The summed E-state index contributed by atoms with van der Waals surface area (Å²) in [6.07, 6.45) is 1.36. The first-order valence-electron chi connectivity index (χ1n) is 5.72. The number of hydrazine groups is 1. The minimum atomic E-state index is -0.557. The second-order valence-electron chi connectivity index (χ2n) is 3.77. The molecule has 2 aromatic rings. The second-order valence-corrected chi connectivity index (χ2v) is 6.23. The van der Waals surface area contributed by atoms with Crippen LogP contribution in [0.5, 0.6) is 0 Å². The van der Waals surface area contributed by atoms with Crippen LogP contribution in [0.3, 0.4) is 0 Å². The number of hydrogen-bond acceptors (Lipinski definition) is 5. The quantitative estimate of drug-likeness (QED) is 0.705. The number of nitrogens with one attached hydrogen (secondary N) is 3. The molecule has 3 N–H and O–H groups in total. The highest BCUT2D eigenvalue weighted by Crippen LogP contribution is 2.21. The third-order valence-corrected chi connectivity index (χ3v) is 3.89. The van der Waals surface area contributed by atoms with E-state index in [1.807, 2.05) is 0 Å². The van der Waals surface area contributed by atoms with Crippen LogP contribution in [0, 0.1) is 0 Å². The first-order chi connectivity index (χ1) is 10.1. The SMILES string of the molecule is O=C(CNC(=O)c1ccco1)NNC(=O)c1ccc(Br)s1. The van der Waals surface area contributed by atoms with E-state index in [1.54, 1.807) is 18.2 Å². The fourth-order valence-corrected chi connectivity index (χ4v) is 2.61. The van der Waals surface area contributed by atoms with E-state index in [9.17, 15) is 14.4 Å². The summed E-state index contributed by atoms with van der Waals surface area (Å²) < 4.78 is 5.68. The van der Waals surface area contributed by atoms with Crippen LogP contribution in [0.1, 0.15) is 20.2 Å². The van der Waals surface area contributed by atoms with Crippen molar-refractivity contribution in [2.24, 2.45) is 0 Å². The van der Waals surface area contributed by atoms with Crippen LogP contribution in [0.25, 0.3) is 0 Å². The Hall–Kier alpha value is -2.13. The van der Waals surface area contributed by atoms with Crippen LogP contribution in [0.2, 0.25) is 0 Å². The molecule has 0 spiro atoms. The van der Waals surface area contributed by atoms with Crippen LogP contribution in [0.15, 0.2) is 38.7 Å². The molecule has 0 saturated carbocycles.